The Balaban J connectivity index is 1.86. The summed E-state index contributed by atoms with van der Waals surface area (Å²) in [6.07, 6.45) is 1.12. The molecule has 1 aromatic heterocycles. The van der Waals surface area contributed by atoms with Gasteiger partial charge in [-0.1, -0.05) is 18.2 Å². The van der Waals surface area contributed by atoms with Crippen molar-refractivity contribution in [2.75, 3.05) is 7.11 Å². The number of hydrogen-bond acceptors (Lipinski definition) is 5. The predicted octanol–water partition coefficient (Wildman–Crippen LogP) is 4.43. The van der Waals surface area contributed by atoms with Crippen LogP contribution in [0.25, 0.3) is 21.7 Å². The Hall–Kier alpha value is -4.19. The number of benzene rings is 2. The number of rotatable bonds is 4. The van der Waals surface area contributed by atoms with E-state index in [9.17, 15) is 20.0 Å². The number of methoxy groups -OCH3 is 1. The molecule has 0 radical (unpaired) electrons. The van der Waals surface area contributed by atoms with Crippen LogP contribution >= 0.6 is 0 Å². The summed E-state index contributed by atoms with van der Waals surface area (Å²) in [4.78, 5) is 27.5. The van der Waals surface area contributed by atoms with Gasteiger partial charge < -0.3 is 14.7 Å². The van der Waals surface area contributed by atoms with Crippen LogP contribution in [0.15, 0.2) is 53.5 Å². The van der Waals surface area contributed by atoms with Crippen LogP contribution in [0.4, 0.5) is 4.39 Å². The van der Waals surface area contributed by atoms with Gasteiger partial charge in [-0.15, -0.1) is 0 Å². The van der Waals surface area contributed by atoms with Gasteiger partial charge in [-0.2, -0.15) is 0 Å². The SMILES string of the molecule is [C-]#[N+]C1CCC([N+](=O)[O-])c2c(O)cn(-c3ccc(-c4cccc(OC)c4)cc3F)c(=O)c21. The van der Waals surface area contributed by atoms with Crippen molar-refractivity contribution in [1.29, 1.82) is 0 Å². The molecule has 0 saturated heterocycles. The minimum absolute atomic E-state index is 0.0354. The van der Waals surface area contributed by atoms with Crippen molar-refractivity contribution in [1.82, 2.24) is 4.57 Å². The van der Waals surface area contributed by atoms with Crippen molar-refractivity contribution >= 4 is 0 Å². The third-order valence-corrected chi connectivity index (χ3v) is 5.67. The molecule has 0 saturated carbocycles. The number of nitro groups is 1. The summed E-state index contributed by atoms with van der Waals surface area (Å²) in [6.45, 7) is 7.38. The van der Waals surface area contributed by atoms with Crippen LogP contribution in [-0.2, 0) is 0 Å². The quantitative estimate of drug-likeness (QED) is 0.371. The van der Waals surface area contributed by atoms with Crippen LogP contribution < -0.4 is 10.3 Å². The molecule has 3 aromatic rings. The van der Waals surface area contributed by atoms with E-state index in [1.165, 1.54) is 19.2 Å². The van der Waals surface area contributed by atoms with Crippen LogP contribution in [0, 0.1) is 22.5 Å². The van der Waals surface area contributed by atoms with Gasteiger partial charge in [0.1, 0.15) is 22.9 Å². The Kier molecular flexibility index (Phi) is 5.36. The lowest BCUT2D eigenvalue weighted by Crippen LogP contribution is -2.31. The zero-order valence-corrected chi connectivity index (χ0v) is 17.0. The van der Waals surface area contributed by atoms with Gasteiger partial charge in [0.05, 0.1) is 24.6 Å². The van der Waals surface area contributed by atoms with Gasteiger partial charge in [-0.25, -0.2) is 11.0 Å². The highest BCUT2D eigenvalue weighted by atomic mass is 19.1. The molecule has 162 valence electrons. The molecular weight excluding hydrogens is 417 g/mol. The third-order valence-electron chi connectivity index (χ3n) is 5.67. The first-order valence-electron chi connectivity index (χ1n) is 9.78. The van der Waals surface area contributed by atoms with Gasteiger partial charge in [0.2, 0.25) is 6.04 Å². The first-order valence-corrected chi connectivity index (χ1v) is 9.78. The molecule has 4 rings (SSSR count). The van der Waals surface area contributed by atoms with Crippen LogP contribution in [0.1, 0.15) is 36.1 Å². The predicted molar refractivity (Wildman–Crippen MR) is 114 cm³/mol. The third kappa shape index (κ3) is 3.46. The average molecular weight is 435 g/mol. The molecular formula is C23H18FN3O5. The minimum atomic E-state index is -1.29. The molecule has 0 aliphatic heterocycles. The van der Waals surface area contributed by atoms with Crippen molar-refractivity contribution < 1.29 is 19.2 Å². The van der Waals surface area contributed by atoms with E-state index in [1.807, 2.05) is 0 Å². The van der Waals surface area contributed by atoms with E-state index in [0.29, 0.717) is 16.9 Å². The van der Waals surface area contributed by atoms with Gasteiger partial charge in [-0.05, 0) is 35.4 Å². The van der Waals surface area contributed by atoms with Gasteiger partial charge in [0.15, 0.2) is 0 Å². The summed E-state index contributed by atoms with van der Waals surface area (Å²) in [7, 11) is 1.53. The summed E-state index contributed by atoms with van der Waals surface area (Å²) in [5.74, 6) is -0.632. The molecule has 0 fully saturated rings. The first kappa shape index (κ1) is 21.1. The maximum Gasteiger partial charge on any atom is 0.267 e. The van der Waals surface area contributed by atoms with Crippen molar-refractivity contribution in [3.8, 4) is 28.3 Å². The van der Waals surface area contributed by atoms with E-state index in [4.69, 9.17) is 11.3 Å². The molecule has 1 aliphatic carbocycles. The van der Waals surface area contributed by atoms with Crippen LogP contribution in [-0.4, -0.2) is 21.7 Å². The van der Waals surface area contributed by atoms with Crippen molar-refractivity contribution in [3.05, 3.63) is 97.5 Å². The average Bonchev–Trinajstić information content (AvgIpc) is 2.80. The van der Waals surface area contributed by atoms with Gasteiger partial charge in [0, 0.05) is 17.8 Å². The normalized spacial score (nSPS) is 17.3. The highest BCUT2D eigenvalue weighted by Gasteiger charge is 2.42. The zero-order chi connectivity index (χ0) is 23.0. The number of aromatic nitrogens is 1. The number of fused-ring (bicyclic) bond motifs is 1. The number of nitrogens with zero attached hydrogens (tertiary/aromatic N) is 3. The van der Waals surface area contributed by atoms with Crippen LogP contribution in [0.3, 0.4) is 0 Å². The molecule has 9 heteroatoms. The standard InChI is InChI=1S/C23H18FN3O5/c1-25-17-7-9-19(27(30)31)22-20(28)12-26(23(29)21(17)22)18-8-6-14(11-16(18)24)13-4-3-5-15(10-13)32-2/h3-6,8,10-12,17,19,28H,7,9H2,2H3. The summed E-state index contributed by atoms with van der Waals surface area (Å²) >= 11 is 0. The number of aromatic hydroxyl groups is 1. The molecule has 1 N–H and O–H groups in total. The Bertz CT molecular complexity index is 1330. The molecule has 2 atom stereocenters. The fraction of sp³-hybridized carbons (Fsp3) is 0.217. The van der Waals surface area contributed by atoms with E-state index in [2.05, 4.69) is 4.85 Å². The number of hydrogen-bond donors (Lipinski definition) is 1. The summed E-state index contributed by atoms with van der Waals surface area (Å²) in [5.41, 5.74) is 0.0661. The highest BCUT2D eigenvalue weighted by molar-refractivity contribution is 5.66. The van der Waals surface area contributed by atoms with E-state index in [0.717, 1.165) is 10.8 Å². The van der Waals surface area contributed by atoms with Crippen LogP contribution in [0.2, 0.25) is 0 Å². The Morgan fingerprint density at radius 1 is 1.22 bits per heavy atom. The molecule has 0 bridgehead atoms. The maximum atomic E-state index is 15.1. The summed E-state index contributed by atoms with van der Waals surface area (Å²) < 4.78 is 21.2. The monoisotopic (exact) mass is 435 g/mol. The zero-order valence-electron chi connectivity index (χ0n) is 17.0. The minimum Gasteiger partial charge on any atom is -0.506 e. The lowest BCUT2D eigenvalue weighted by atomic mass is 9.85. The Morgan fingerprint density at radius 2 is 1.97 bits per heavy atom. The maximum absolute atomic E-state index is 15.1. The van der Waals surface area contributed by atoms with E-state index >= 15 is 4.39 Å². The molecule has 0 spiro atoms. The number of ether oxygens (including phenoxy) is 1. The smallest absolute Gasteiger partial charge is 0.267 e. The number of pyridine rings is 1. The number of halogens is 1. The first-order chi connectivity index (χ1) is 15.3. The molecule has 1 heterocycles. The largest absolute Gasteiger partial charge is 0.506 e. The molecule has 2 aromatic carbocycles. The molecule has 0 amide bonds. The van der Waals surface area contributed by atoms with Gasteiger partial charge >= 0.3 is 0 Å². The lowest BCUT2D eigenvalue weighted by molar-refractivity contribution is -0.531. The second-order valence-corrected chi connectivity index (χ2v) is 7.44. The molecule has 32 heavy (non-hydrogen) atoms. The molecule has 8 nitrogen and oxygen atoms in total. The fourth-order valence-corrected chi connectivity index (χ4v) is 4.11. The Morgan fingerprint density at radius 3 is 2.62 bits per heavy atom. The molecule has 1 aliphatic rings. The molecule has 2 unspecified atom stereocenters. The second kappa shape index (κ2) is 8.15. The highest BCUT2D eigenvalue weighted by Crippen LogP contribution is 2.42. The van der Waals surface area contributed by atoms with Crippen LogP contribution in [0.5, 0.6) is 11.5 Å². The van der Waals surface area contributed by atoms with E-state index in [1.54, 1.807) is 30.3 Å². The lowest BCUT2D eigenvalue weighted by Gasteiger charge is -2.22. The van der Waals surface area contributed by atoms with Gasteiger partial charge in [-0.3, -0.25) is 19.5 Å². The topological polar surface area (TPSA) is 99.0 Å². The summed E-state index contributed by atoms with van der Waals surface area (Å²) in [5, 5.41) is 22.0. The van der Waals surface area contributed by atoms with Gasteiger partial charge in [0.25, 0.3) is 11.6 Å². The van der Waals surface area contributed by atoms with Crippen molar-refractivity contribution in [2.45, 2.75) is 24.9 Å². The van der Waals surface area contributed by atoms with Crippen molar-refractivity contribution in [3.63, 3.8) is 0 Å². The second-order valence-electron chi connectivity index (χ2n) is 7.44. The van der Waals surface area contributed by atoms with E-state index in [-0.39, 0.29) is 29.7 Å². The summed E-state index contributed by atoms with van der Waals surface area (Å²) in [6, 6.07) is 9.07. The van der Waals surface area contributed by atoms with E-state index < -0.39 is 34.1 Å². The van der Waals surface area contributed by atoms with Crippen molar-refractivity contribution in [2.24, 2.45) is 0 Å². The Labute approximate surface area is 182 Å². The fourth-order valence-electron chi connectivity index (χ4n) is 4.11.